The predicted molar refractivity (Wildman–Crippen MR) is 215 cm³/mol. The molecule has 3 aliphatic rings. The molecule has 4 aromatic rings. The molecule has 1 heterocycles. The van der Waals surface area contributed by atoms with Gasteiger partial charge < -0.3 is 19.8 Å². The second-order valence-electron chi connectivity index (χ2n) is 16.0. The Morgan fingerprint density at radius 3 is 2.18 bits per heavy atom. The van der Waals surface area contributed by atoms with Crippen LogP contribution in [-0.2, 0) is 11.0 Å². The average molecular weight is 717 g/mol. The number of ether oxygens (including phenoxy) is 1. The minimum absolute atomic E-state index is 0.0259. The van der Waals surface area contributed by atoms with E-state index in [2.05, 4.69) is 148 Å². The molecule has 4 nitrogen and oxygen atoms in total. The maximum atomic E-state index is 7.19. The Morgan fingerprint density at radius 2 is 1.55 bits per heavy atom. The molecule has 1 aliphatic heterocycles. The second kappa shape index (κ2) is 14.8. The van der Waals surface area contributed by atoms with Gasteiger partial charge in [-0.05, 0) is 94.3 Å². The van der Waals surface area contributed by atoms with Gasteiger partial charge in [0.2, 0.25) is 0 Å². The highest BCUT2D eigenvalue weighted by Crippen LogP contribution is 2.48. The molecule has 0 aromatic heterocycles. The molecular weight excluding hydrogens is 664 g/mol. The third-order valence-corrected chi connectivity index (χ3v) is 16.4. The quantitative estimate of drug-likeness (QED) is 0.104. The number of hydrogen-bond donors (Lipinski definition) is 1. The summed E-state index contributed by atoms with van der Waals surface area (Å²) < 4.78 is 13.5. The fourth-order valence-electron chi connectivity index (χ4n) is 7.73. The summed E-state index contributed by atoms with van der Waals surface area (Å²) >= 11 is 6.88. The van der Waals surface area contributed by atoms with Crippen molar-refractivity contribution in [3.63, 3.8) is 0 Å². The van der Waals surface area contributed by atoms with Crippen LogP contribution in [0.3, 0.4) is 0 Å². The van der Waals surface area contributed by atoms with Crippen LogP contribution in [0.2, 0.25) is 10.1 Å². The van der Waals surface area contributed by atoms with Crippen LogP contribution in [0.5, 0.6) is 5.75 Å². The van der Waals surface area contributed by atoms with E-state index < -0.39 is 8.32 Å². The van der Waals surface area contributed by atoms with Gasteiger partial charge in [-0.1, -0.05) is 136 Å². The first-order valence-electron chi connectivity index (χ1n) is 18.8. The van der Waals surface area contributed by atoms with Gasteiger partial charge in [-0.25, -0.2) is 0 Å². The number of para-hydroxylation sites is 1. The normalized spacial score (nSPS) is 17.8. The highest BCUT2D eigenvalue weighted by molar-refractivity contribution is 6.99. The van der Waals surface area contributed by atoms with Crippen LogP contribution in [0.4, 0.5) is 0 Å². The second-order valence-corrected chi connectivity index (χ2v) is 20.7. The van der Waals surface area contributed by atoms with Crippen molar-refractivity contribution in [2.45, 2.75) is 95.4 Å². The van der Waals surface area contributed by atoms with Gasteiger partial charge in [0.1, 0.15) is 5.75 Å². The van der Waals surface area contributed by atoms with Crippen molar-refractivity contribution < 1.29 is 9.16 Å². The van der Waals surface area contributed by atoms with Gasteiger partial charge in [0.15, 0.2) is 0 Å². The number of benzene rings is 4. The summed E-state index contributed by atoms with van der Waals surface area (Å²) in [6.45, 7) is 11.6. The minimum Gasteiger partial charge on any atom is -0.490 e. The highest BCUT2D eigenvalue weighted by Gasteiger charge is 2.50. The molecule has 7 rings (SSSR count). The zero-order valence-electron chi connectivity index (χ0n) is 30.7. The van der Waals surface area contributed by atoms with Gasteiger partial charge in [-0.15, -0.1) is 0 Å². The summed E-state index contributed by atoms with van der Waals surface area (Å²) in [5.74, 6) is 1.35. The first-order chi connectivity index (χ1) is 24.6. The monoisotopic (exact) mass is 716 g/mol. The topological polar surface area (TPSA) is 47.7 Å². The van der Waals surface area contributed by atoms with E-state index >= 15 is 0 Å². The van der Waals surface area contributed by atoms with Crippen LogP contribution in [-0.4, -0.2) is 38.0 Å². The van der Waals surface area contributed by atoms with Crippen molar-refractivity contribution in [1.29, 1.82) is 0 Å². The standard InChI is InChI=1S/C45H53ClN2O2Si/c1-33(14-13-29-49-51(44(2,3)4,37-15-7-5-8-16-37)38-17-9-6-10-18-38)34-21-24-42(46)35(30-34)31-48-28-25-39(41(32-48)45(47)26-27-45)40-19-11-12-20-43(40)50-36-22-23-36/h5-12,15-21,24-25,30,32-33,36H,13-14,22-23,26-29,31,47H2,1-4H3. The molecular formula is C45H53ClN2O2Si. The van der Waals surface area contributed by atoms with Crippen molar-refractivity contribution in [1.82, 2.24) is 4.90 Å². The largest absolute Gasteiger partial charge is 0.490 e. The molecule has 6 heteroatoms. The van der Waals surface area contributed by atoms with Crippen LogP contribution in [0.15, 0.2) is 121 Å². The lowest BCUT2D eigenvalue weighted by Crippen LogP contribution is -2.66. The smallest absolute Gasteiger partial charge is 0.261 e. The average Bonchev–Trinajstić information content (AvgIpc) is 4.08. The summed E-state index contributed by atoms with van der Waals surface area (Å²) in [6.07, 6.45) is 11.3. The molecule has 0 spiro atoms. The molecule has 0 bridgehead atoms. The lowest BCUT2D eigenvalue weighted by Gasteiger charge is -2.43. The van der Waals surface area contributed by atoms with Crippen LogP contribution in [0.25, 0.3) is 5.57 Å². The van der Waals surface area contributed by atoms with Crippen LogP contribution in [0, 0.1) is 0 Å². The van der Waals surface area contributed by atoms with E-state index in [-0.39, 0.29) is 10.6 Å². The summed E-state index contributed by atoms with van der Waals surface area (Å²) in [4.78, 5) is 2.36. The molecule has 0 radical (unpaired) electrons. The molecule has 0 amide bonds. The zero-order chi connectivity index (χ0) is 35.6. The number of hydrogen-bond acceptors (Lipinski definition) is 4. The summed E-state index contributed by atoms with van der Waals surface area (Å²) in [5.41, 5.74) is 12.7. The van der Waals surface area contributed by atoms with E-state index in [1.54, 1.807) is 0 Å². The fourth-order valence-corrected chi connectivity index (χ4v) is 12.5. The lowest BCUT2D eigenvalue weighted by atomic mass is 9.89. The van der Waals surface area contributed by atoms with Gasteiger partial charge in [0.25, 0.3) is 8.32 Å². The Kier molecular flexibility index (Phi) is 10.4. The first kappa shape index (κ1) is 35.8. The maximum absolute atomic E-state index is 7.19. The molecule has 2 saturated carbocycles. The summed E-state index contributed by atoms with van der Waals surface area (Å²) in [6, 6.07) is 36.9. The molecule has 0 saturated heterocycles. The molecule has 2 N–H and O–H groups in total. The Hall–Kier alpha value is -3.61. The first-order valence-corrected chi connectivity index (χ1v) is 21.1. The van der Waals surface area contributed by atoms with Crippen LogP contribution in [0.1, 0.15) is 88.8 Å². The third kappa shape index (κ3) is 7.78. The SMILES string of the molecule is CC(CCCO[Si](c1ccccc1)(c1ccccc1)C(C)(C)C)c1ccc(Cl)c(CN2C=C(C3(N)CC3)C(c3ccccc3OC3CC3)=CC2)c1. The van der Waals surface area contributed by atoms with Gasteiger partial charge in [-0.2, -0.15) is 0 Å². The Morgan fingerprint density at radius 1 is 0.902 bits per heavy atom. The number of nitrogens with zero attached hydrogens (tertiary/aromatic N) is 1. The van der Waals surface area contributed by atoms with E-state index in [1.165, 1.54) is 27.1 Å². The van der Waals surface area contributed by atoms with E-state index in [0.717, 1.165) is 80.1 Å². The van der Waals surface area contributed by atoms with Crippen molar-refractivity contribution in [3.8, 4) is 5.75 Å². The number of rotatable bonds is 14. The molecule has 51 heavy (non-hydrogen) atoms. The van der Waals surface area contributed by atoms with Gasteiger partial charge in [0.05, 0.1) is 6.10 Å². The predicted octanol–water partition coefficient (Wildman–Crippen LogP) is 9.62. The molecule has 1 unspecified atom stereocenters. The van der Waals surface area contributed by atoms with Crippen LogP contribution < -0.4 is 20.8 Å². The van der Waals surface area contributed by atoms with Crippen molar-refractivity contribution >= 4 is 35.9 Å². The maximum Gasteiger partial charge on any atom is 0.261 e. The third-order valence-electron chi connectivity index (χ3n) is 11.0. The van der Waals surface area contributed by atoms with E-state index in [0.29, 0.717) is 12.0 Å². The van der Waals surface area contributed by atoms with Crippen molar-refractivity contribution in [2.24, 2.45) is 5.73 Å². The van der Waals surface area contributed by atoms with Crippen molar-refractivity contribution in [3.05, 3.63) is 143 Å². The Balaban J connectivity index is 1.04. The van der Waals surface area contributed by atoms with E-state index in [1.807, 2.05) is 0 Å². The van der Waals surface area contributed by atoms with Crippen LogP contribution >= 0.6 is 11.6 Å². The molecule has 2 aliphatic carbocycles. The zero-order valence-corrected chi connectivity index (χ0v) is 32.5. The molecule has 2 fully saturated rings. The van der Waals surface area contributed by atoms with Gasteiger partial charge in [-0.3, -0.25) is 0 Å². The molecule has 4 aromatic carbocycles. The van der Waals surface area contributed by atoms with Crippen molar-refractivity contribution in [2.75, 3.05) is 13.2 Å². The Bertz CT molecular complexity index is 1840. The Labute approximate surface area is 311 Å². The minimum atomic E-state index is -2.54. The van der Waals surface area contributed by atoms with Gasteiger partial charge in [0, 0.05) is 42.0 Å². The number of halogens is 1. The number of nitrogens with two attached hydrogens (primary N) is 1. The highest BCUT2D eigenvalue weighted by atomic mass is 35.5. The van der Waals surface area contributed by atoms with E-state index in [9.17, 15) is 0 Å². The fraction of sp³-hybridized carbons (Fsp3) is 0.378. The van der Waals surface area contributed by atoms with E-state index in [4.69, 9.17) is 26.5 Å². The molecule has 266 valence electrons. The summed E-state index contributed by atoms with van der Waals surface area (Å²) in [5, 5.41) is 3.44. The summed E-state index contributed by atoms with van der Waals surface area (Å²) in [7, 11) is -2.54. The lowest BCUT2D eigenvalue weighted by molar-refractivity contribution is 0.285. The molecule has 1 atom stereocenters. The van der Waals surface area contributed by atoms with Gasteiger partial charge >= 0.3 is 0 Å².